The van der Waals surface area contributed by atoms with Gasteiger partial charge in [0.25, 0.3) is 0 Å². The van der Waals surface area contributed by atoms with Crippen molar-refractivity contribution in [3.63, 3.8) is 0 Å². The number of hydrogen-bond donors (Lipinski definition) is 0. The fourth-order valence-electron chi connectivity index (χ4n) is 3.90. The van der Waals surface area contributed by atoms with Crippen molar-refractivity contribution in [1.82, 2.24) is 0 Å². The van der Waals surface area contributed by atoms with E-state index in [0.717, 1.165) is 36.9 Å². The first kappa shape index (κ1) is 14.1. The van der Waals surface area contributed by atoms with Gasteiger partial charge in [-0.2, -0.15) is 0 Å². The van der Waals surface area contributed by atoms with Crippen molar-refractivity contribution in [2.75, 3.05) is 13.2 Å². The highest BCUT2D eigenvalue weighted by atomic mass is 16.5. The van der Waals surface area contributed by atoms with Crippen LogP contribution in [0.1, 0.15) is 58.3 Å². The summed E-state index contributed by atoms with van der Waals surface area (Å²) in [6.07, 6.45) is 13.5. The number of rotatable bonds is 5. The fraction of sp³-hybridized carbons (Fsp3) is 0.882. The van der Waals surface area contributed by atoms with Gasteiger partial charge in [0.1, 0.15) is 0 Å². The molecule has 0 spiro atoms. The standard InChI is InChI=1S/C17H30O/c1-3-12-18-13-15-6-10-17(11-7-15)16-8-4-14(2)5-9-16/h3,14-17H,1,4-13H2,2H3/t14-,15-,16-,17-. The van der Waals surface area contributed by atoms with Crippen LogP contribution in [0.15, 0.2) is 12.7 Å². The summed E-state index contributed by atoms with van der Waals surface area (Å²) in [5, 5.41) is 0. The predicted molar refractivity (Wildman–Crippen MR) is 77.6 cm³/mol. The highest BCUT2D eigenvalue weighted by Crippen LogP contribution is 2.41. The molecule has 0 aromatic rings. The lowest BCUT2D eigenvalue weighted by Gasteiger charge is -2.37. The van der Waals surface area contributed by atoms with Crippen molar-refractivity contribution < 1.29 is 4.74 Å². The largest absolute Gasteiger partial charge is 0.377 e. The van der Waals surface area contributed by atoms with Gasteiger partial charge in [0.2, 0.25) is 0 Å². The Labute approximate surface area is 113 Å². The lowest BCUT2D eigenvalue weighted by Crippen LogP contribution is -2.26. The minimum atomic E-state index is 0.723. The summed E-state index contributed by atoms with van der Waals surface area (Å²) >= 11 is 0. The Hall–Kier alpha value is -0.300. The molecule has 0 unspecified atom stereocenters. The first-order valence-corrected chi connectivity index (χ1v) is 7.98. The Morgan fingerprint density at radius 1 is 0.944 bits per heavy atom. The predicted octanol–water partition coefficient (Wildman–Crippen LogP) is 4.82. The van der Waals surface area contributed by atoms with Gasteiger partial charge in [0.05, 0.1) is 6.61 Å². The number of ether oxygens (including phenoxy) is 1. The van der Waals surface area contributed by atoms with Crippen LogP contribution >= 0.6 is 0 Å². The molecular formula is C17H30O. The SMILES string of the molecule is C=CCOC[C@H]1CC[C@H]([C@H]2CC[C@H](C)CC2)CC1. The van der Waals surface area contributed by atoms with E-state index in [1.165, 1.54) is 51.4 Å². The van der Waals surface area contributed by atoms with Crippen molar-refractivity contribution in [1.29, 1.82) is 0 Å². The molecule has 2 aliphatic rings. The molecular weight excluding hydrogens is 220 g/mol. The van der Waals surface area contributed by atoms with E-state index in [2.05, 4.69) is 13.5 Å². The van der Waals surface area contributed by atoms with Gasteiger partial charge >= 0.3 is 0 Å². The average Bonchev–Trinajstić information content (AvgIpc) is 2.41. The van der Waals surface area contributed by atoms with Crippen LogP contribution in [0.3, 0.4) is 0 Å². The number of hydrogen-bond acceptors (Lipinski definition) is 1. The van der Waals surface area contributed by atoms with Crippen LogP contribution in [-0.4, -0.2) is 13.2 Å². The van der Waals surface area contributed by atoms with E-state index in [4.69, 9.17) is 4.74 Å². The zero-order valence-corrected chi connectivity index (χ0v) is 12.1. The zero-order valence-electron chi connectivity index (χ0n) is 12.1. The van der Waals surface area contributed by atoms with Gasteiger partial charge < -0.3 is 4.74 Å². The summed E-state index contributed by atoms with van der Waals surface area (Å²) in [6, 6.07) is 0. The molecule has 1 heteroatoms. The van der Waals surface area contributed by atoms with Crippen LogP contribution in [0.25, 0.3) is 0 Å². The summed E-state index contributed by atoms with van der Waals surface area (Å²) in [4.78, 5) is 0. The van der Waals surface area contributed by atoms with E-state index < -0.39 is 0 Å². The molecule has 18 heavy (non-hydrogen) atoms. The maximum Gasteiger partial charge on any atom is 0.0644 e. The van der Waals surface area contributed by atoms with E-state index in [1.807, 2.05) is 6.08 Å². The molecule has 1 nitrogen and oxygen atoms in total. The fourth-order valence-corrected chi connectivity index (χ4v) is 3.90. The van der Waals surface area contributed by atoms with Crippen LogP contribution in [0.2, 0.25) is 0 Å². The Balaban J connectivity index is 1.65. The van der Waals surface area contributed by atoms with Gasteiger partial charge in [-0.05, 0) is 62.2 Å². The van der Waals surface area contributed by atoms with Gasteiger partial charge in [-0.3, -0.25) is 0 Å². The molecule has 2 aliphatic carbocycles. The topological polar surface area (TPSA) is 9.23 Å². The van der Waals surface area contributed by atoms with Crippen LogP contribution in [0.5, 0.6) is 0 Å². The third-order valence-electron chi connectivity index (χ3n) is 5.21. The third kappa shape index (κ3) is 4.12. The molecule has 0 heterocycles. The Bertz CT molecular complexity index is 232. The first-order chi connectivity index (χ1) is 8.79. The van der Waals surface area contributed by atoms with Gasteiger partial charge in [0.15, 0.2) is 0 Å². The van der Waals surface area contributed by atoms with Crippen LogP contribution in [0, 0.1) is 23.7 Å². The summed E-state index contributed by atoms with van der Waals surface area (Å²) in [5.41, 5.74) is 0. The van der Waals surface area contributed by atoms with Gasteiger partial charge in [-0.15, -0.1) is 6.58 Å². The molecule has 0 bridgehead atoms. The molecule has 0 aromatic carbocycles. The highest BCUT2D eigenvalue weighted by Gasteiger charge is 2.29. The Morgan fingerprint density at radius 2 is 1.50 bits per heavy atom. The molecule has 2 saturated carbocycles. The van der Waals surface area contributed by atoms with Crippen LogP contribution in [-0.2, 0) is 4.74 Å². The molecule has 104 valence electrons. The lowest BCUT2D eigenvalue weighted by molar-refractivity contribution is 0.0792. The molecule has 0 amide bonds. The van der Waals surface area contributed by atoms with Gasteiger partial charge in [0, 0.05) is 6.61 Å². The van der Waals surface area contributed by atoms with Crippen molar-refractivity contribution in [2.45, 2.75) is 58.3 Å². The second-order valence-electron chi connectivity index (χ2n) is 6.63. The summed E-state index contributed by atoms with van der Waals surface area (Å²) in [7, 11) is 0. The molecule has 0 aromatic heterocycles. The minimum Gasteiger partial charge on any atom is -0.377 e. The molecule has 0 radical (unpaired) electrons. The van der Waals surface area contributed by atoms with E-state index >= 15 is 0 Å². The summed E-state index contributed by atoms with van der Waals surface area (Å²) in [5.74, 6) is 3.90. The van der Waals surface area contributed by atoms with Crippen molar-refractivity contribution in [3.05, 3.63) is 12.7 Å². The quantitative estimate of drug-likeness (QED) is 0.502. The van der Waals surface area contributed by atoms with E-state index in [0.29, 0.717) is 0 Å². The lowest BCUT2D eigenvalue weighted by atomic mass is 9.69. The second kappa shape index (κ2) is 7.33. The van der Waals surface area contributed by atoms with E-state index in [-0.39, 0.29) is 0 Å². The van der Waals surface area contributed by atoms with Crippen LogP contribution < -0.4 is 0 Å². The Morgan fingerprint density at radius 3 is 2.06 bits per heavy atom. The van der Waals surface area contributed by atoms with Crippen molar-refractivity contribution >= 4 is 0 Å². The van der Waals surface area contributed by atoms with Crippen molar-refractivity contribution in [2.24, 2.45) is 23.7 Å². The molecule has 0 atom stereocenters. The molecule has 0 N–H and O–H groups in total. The Kier molecular flexibility index (Phi) is 5.75. The van der Waals surface area contributed by atoms with Gasteiger partial charge in [-0.1, -0.05) is 25.8 Å². The second-order valence-corrected chi connectivity index (χ2v) is 6.63. The monoisotopic (exact) mass is 250 g/mol. The zero-order chi connectivity index (χ0) is 12.8. The molecule has 0 aliphatic heterocycles. The smallest absolute Gasteiger partial charge is 0.0644 e. The third-order valence-corrected chi connectivity index (χ3v) is 5.21. The molecule has 2 rings (SSSR count). The van der Waals surface area contributed by atoms with E-state index in [9.17, 15) is 0 Å². The van der Waals surface area contributed by atoms with E-state index in [1.54, 1.807) is 0 Å². The van der Waals surface area contributed by atoms with Gasteiger partial charge in [-0.25, -0.2) is 0 Å². The first-order valence-electron chi connectivity index (χ1n) is 7.98. The molecule has 0 saturated heterocycles. The highest BCUT2D eigenvalue weighted by molar-refractivity contribution is 4.81. The van der Waals surface area contributed by atoms with Crippen molar-refractivity contribution in [3.8, 4) is 0 Å². The maximum absolute atomic E-state index is 5.60. The average molecular weight is 250 g/mol. The summed E-state index contributed by atoms with van der Waals surface area (Å²) < 4.78 is 5.60. The maximum atomic E-state index is 5.60. The normalized spacial score (nSPS) is 37.4. The minimum absolute atomic E-state index is 0.723. The molecule has 2 fully saturated rings. The summed E-state index contributed by atoms with van der Waals surface area (Å²) in [6.45, 7) is 7.80. The van der Waals surface area contributed by atoms with Crippen LogP contribution in [0.4, 0.5) is 0 Å².